The lowest BCUT2D eigenvalue weighted by Gasteiger charge is -2.04. The third-order valence-corrected chi connectivity index (χ3v) is 3.50. The number of methoxy groups -OCH3 is 1. The van der Waals surface area contributed by atoms with Crippen molar-refractivity contribution in [1.82, 2.24) is 10.6 Å². The van der Waals surface area contributed by atoms with Crippen molar-refractivity contribution in [2.75, 3.05) is 26.8 Å². The third-order valence-electron chi connectivity index (χ3n) is 3.50. The molecule has 2 rings (SSSR count). The number of amides is 2. The van der Waals surface area contributed by atoms with Crippen LogP contribution in [0.1, 0.15) is 29.8 Å². The number of carbonyl (C=O) groups excluding carboxylic acids is 4. The molecule has 0 aliphatic heterocycles. The summed E-state index contributed by atoms with van der Waals surface area (Å²) >= 11 is 0. The van der Waals surface area contributed by atoms with Gasteiger partial charge in [-0.3, -0.25) is 9.59 Å². The van der Waals surface area contributed by atoms with Crippen LogP contribution in [0.3, 0.4) is 0 Å². The SMILES string of the molecule is CC(=O)NCC(=O)c1ccc(F)cc1.CCOC.O=CCNC(=O)OCc1ccccc1. The molecule has 2 aromatic rings. The lowest BCUT2D eigenvalue weighted by atomic mass is 10.1. The van der Waals surface area contributed by atoms with Gasteiger partial charge in [-0.05, 0) is 36.8 Å². The van der Waals surface area contributed by atoms with Crippen molar-refractivity contribution in [3.8, 4) is 0 Å². The molecule has 0 radical (unpaired) electrons. The summed E-state index contributed by atoms with van der Waals surface area (Å²) in [6.07, 6.45) is 0.0185. The topological polar surface area (TPSA) is 111 Å². The number of Topliss-reactive ketones (excluding diaryl/α,β-unsaturated/α-hetero) is 1. The highest BCUT2D eigenvalue weighted by atomic mass is 19.1. The van der Waals surface area contributed by atoms with E-state index in [1.54, 1.807) is 7.11 Å². The maximum Gasteiger partial charge on any atom is 0.407 e. The molecule has 9 heteroatoms. The van der Waals surface area contributed by atoms with E-state index in [0.29, 0.717) is 11.8 Å². The van der Waals surface area contributed by atoms with Crippen molar-refractivity contribution in [3.63, 3.8) is 0 Å². The van der Waals surface area contributed by atoms with Crippen molar-refractivity contribution in [2.45, 2.75) is 20.5 Å². The summed E-state index contributed by atoms with van der Waals surface area (Å²) in [6, 6.07) is 14.5. The van der Waals surface area contributed by atoms with Gasteiger partial charge in [0.15, 0.2) is 5.78 Å². The fraction of sp³-hybridized carbons (Fsp3) is 0.304. The maximum atomic E-state index is 12.5. The summed E-state index contributed by atoms with van der Waals surface area (Å²) < 4.78 is 21.8. The molecule has 0 unspecified atom stereocenters. The summed E-state index contributed by atoms with van der Waals surface area (Å²) in [5.74, 6) is -0.887. The molecule has 32 heavy (non-hydrogen) atoms. The summed E-state index contributed by atoms with van der Waals surface area (Å²) in [4.78, 5) is 42.6. The van der Waals surface area contributed by atoms with Crippen molar-refractivity contribution in [2.24, 2.45) is 0 Å². The Kier molecular flexibility index (Phi) is 16.2. The average Bonchev–Trinajstić information content (AvgIpc) is 2.81. The number of rotatable bonds is 8. The van der Waals surface area contributed by atoms with Crippen LogP contribution in [-0.2, 0) is 25.7 Å². The van der Waals surface area contributed by atoms with E-state index in [2.05, 4.69) is 15.4 Å². The van der Waals surface area contributed by atoms with E-state index >= 15 is 0 Å². The minimum Gasteiger partial charge on any atom is -0.445 e. The van der Waals surface area contributed by atoms with Crippen LogP contribution in [0, 0.1) is 5.82 Å². The van der Waals surface area contributed by atoms with Crippen molar-refractivity contribution < 1.29 is 33.0 Å². The van der Waals surface area contributed by atoms with Gasteiger partial charge in [0.05, 0.1) is 13.1 Å². The molecule has 0 heterocycles. The van der Waals surface area contributed by atoms with E-state index < -0.39 is 6.09 Å². The molecular formula is C23H29FN2O6. The molecule has 2 aromatic carbocycles. The molecule has 2 amide bonds. The van der Waals surface area contributed by atoms with Gasteiger partial charge in [-0.25, -0.2) is 9.18 Å². The van der Waals surface area contributed by atoms with Gasteiger partial charge in [0.2, 0.25) is 5.91 Å². The van der Waals surface area contributed by atoms with E-state index in [-0.39, 0.29) is 37.2 Å². The van der Waals surface area contributed by atoms with Gasteiger partial charge in [-0.2, -0.15) is 0 Å². The van der Waals surface area contributed by atoms with Gasteiger partial charge in [-0.1, -0.05) is 30.3 Å². The highest BCUT2D eigenvalue weighted by Crippen LogP contribution is 2.03. The van der Waals surface area contributed by atoms with Crippen molar-refractivity contribution in [1.29, 1.82) is 0 Å². The molecule has 0 saturated carbocycles. The Bertz CT molecular complexity index is 811. The van der Waals surface area contributed by atoms with Gasteiger partial charge in [0, 0.05) is 26.2 Å². The Hall–Kier alpha value is -3.59. The summed E-state index contributed by atoms with van der Waals surface area (Å²) in [6.45, 7) is 4.25. The molecule has 2 N–H and O–H groups in total. The Morgan fingerprint density at radius 1 is 1.00 bits per heavy atom. The molecule has 174 valence electrons. The molecule has 0 fully saturated rings. The number of hydrogen-bond acceptors (Lipinski definition) is 6. The molecule has 0 saturated heterocycles. The predicted molar refractivity (Wildman–Crippen MR) is 118 cm³/mol. The second-order valence-electron chi connectivity index (χ2n) is 6.03. The largest absolute Gasteiger partial charge is 0.445 e. The van der Waals surface area contributed by atoms with Crippen LogP contribution >= 0.6 is 0 Å². The molecule has 0 atom stereocenters. The first-order valence-electron chi connectivity index (χ1n) is 9.74. The number of aldehydes is 1. The zero-order valence-electron chi connectivity index (χ0n) is 18.4. The number of nitrogens with one attached hydrogen (secondary N) is 2. The predicted octanol–water partition coefficient (Wildman–Crippen LogP) is 2.91. The number of ether oxygens (including phenoxy) is 2. The number of hydrogen-bond donors (Lipinski definition) is 2. The zero-order chi connectivity index (χ0) is 24.2. The highest BCUT2D eigenvalue weighted by Gasteiger charge is 2.05. The van der Waals surface area contributed by atoms with E-state index in [9.17, 15) is 23.6 Å². The minimum atomic E-state index is -0.582. The molecule has 0 spiro atoms. The summed E-state index contributed by atoms with van der Waals surface area (Å²) in [5.41, 5.74) is 1.30. The third kappa shape index (κ3) is 15.3. The minimum absolute atomic E-state index is 0.0202. The average molecular weight is 448 g/mol. The van der Waals surface area contributed by atoms with E-state index in [1.807, 2.05) is 37.3 Å². The first-order valence-corrected chi connectivity index (χ1v) is 9.74. The Morgan fingerprint density at radius 2 is 1.59 bits per heavy atom. The fourth-order valence-corrected chi connectivity index (χ4v) is 1.84. The first kappa shape index (κ1) is 28.4. The Labute approximate surface area is 187 Å². The first-order chi connectivity index (χ1) is 15.3. The highest BCUT2D eigenvalue weighted by molar-refractivity contribution is 5.99. The van der Waals surface area contributed by atoms with Gasteiger partial charge < -0.3 is 24.9 Å². The van der Waals surface area contributed by atoms with Gasteiger partial charge in [0.1, 0.15) is 18.7 Å². The van der Waals surface area contributed by atoms with E-state index in [4.69, 9.17) is 4.74 Å². The Morgan fingerprint density at radius 3 is 2.09 bits per heavy atom. The monoisotopic (exact) mass is 448 g/mol. The second-order valence-corrected chi connectivity index (χ2v) is 6.03. The van der Waals surface area contributed by atoms with Crippen LogP contribution in [0.25, 0.3) is 0 Å². The van der Waals surface area contributed by atoms with Crippen molar-refractivity contribution in [3.05, 3.63) is 71.5 Å². The van der Waals surface area contributed by atoms with E-state index in [1.165, 1.54) is 31.2 Å². The number of benzene rings is 2. The molecule has 8 nitrogen and oxygen atoms in total. The summed E-state index contributed by atoms with van der Waals surface area (Å²) in [5, 5.41) is 4.65. The number of carbonyl (C=O) groups is 4. The second kappa shape index (κ2) is 18.2. The molecule has 0 aliphatic carbocycles. The van der Waals surface area contributed by atoms with Crippen LogP contribution < -0.4 is 10.6 Å². The zero-order valence-corrected chi connectivity index (χ0v) is 18.4. The smallest absolute Gasteiger partial charge is 0.407 e. The van der Waals surface area contributed by atoms with Crippen LogP contribution in [0.4, 0.5) is 9.18 Å². The van der Waals surface area contributed by atoms with Crippen LogP contribution in [0.15, 0.2) is 54.6 Å². The van der Waals surface area contributed by atoms with Gasteiger partial charge >= 0.3 is 6.09 Å². The molecule has 0 bridgehead atoms. The quantitative estimate of drug-likeness (QED) is 0.475. The lowest BCUT2D eigenvalue weighted by molar-refractivity contribution is -0.118. The standard InChI is InChI=1S/C10H10FNO2.C10H11NO3.C3H8O/c1-7(13)12-6-10(14)8-2-4-9(11)5-3-8;12-7-6-11-10(13)14-8-9-4-2-1-3-5-9;1-3-4-2/h2-5H,6H2,1H3,(H,12,13);1-5,7H,6,8H2,(H,11,13);3H2,1-2H3. The lowest BCUT2D eigenvalue weighted by Crippen LogP contribution is -2.27. The van der Waals surface area contributed by atoms with Gasteiger partial charge in [0.25, 0.3) is 0 Å². The van der Waals surface area contributed by atoms with Crippen LogP contribution in [0.2, 0.25) is 0 Å². The number of alkyl carbamates (subject to hydrolysis) is 1. The van der Waals surface area contributed by atoms with E-state index in [0.717, 1.165) is 12.2 Å². The van der Waals surface area contributed by atoms with Crippen molar-refractivity contribution >= 4 is 24.1 Å². The summed E-state index contributed by atoms with van der Waals surface area (Å²) in [7, 11) is 1.68. The maximum absolute atomic E-state index is 12.5. The number of ketones is 1. The van der Waals surface area contributed by atoms with Crippen LogP contribution in [-0.4, -0.2) is 50.9 Å². The molecular weight excluding hydrogens is 419 g/mol. The van der Waals surface area contributed by atoms with Gasteiger partial charge in [-0.15, -0.1) is 0 Å². The Balaban J connectivity index is 0.000000515. The number of halogens is 1. The fourth-order valence-electron chi connectivity index (χ4n) is 1.84. The normalized spacial score (nSPS) is 9.12. The molecule has 0 aliphatic rings. The van der Waals surface area contributed by atoms with Crippen LogP contribution in [0.5, 0.6) is 0 Å². The molecule has 0 aromatic heterocycles.